The summed E-state index contributed by atoms with van der Waals surface area (Å²) in [6.45, 7) is 4.19. The number of likely N-dealkylation sites (tertiary alicyclic amines) is 2. The molecule has 0 bridgehead atoms. The molecule has 60 heavy (non-hydrogen) atoms. The van der Waals surface area contributed by atoms with E-state index in [-0.39, 0.29) is 66.9 Å². The Labute approximate surface area is 349 Å². The van der Waals surface area contributed by atoms with Crippen LogP contribution in [0.1, 0.15) is 63.1 Å². The van der Waals surface area contributed by atoms with Gasteiger partial charge in [-0.15, -0.1) is 0 Å². The van der Waals surface area contributed by atoms with Crippen LogP contribution in [0.15, 0.2) is 84.7 Å². The first-order valence-corrected chi connectivity index (χ1v) is 20.5. The maximum absolute atomic E-state index is 15.0. The molecule has 3 aromatic carbocycles. The largest absolute Gasteiger partial charge is 0.497 e. The summed E-state index contributed by atoms with van der Waals surface area (Å²) < 4.78 is 26.8. The minimum Gasteiger partial charge on any atom is -0.497 e. The Morgan fingerprint density at radius 1 is 0.800 bits per heavy atom. The third-order valence-corrected chi connectivity index (χ3v) is 11.8. The highest BCUT2D eigenvalue weighted by Gasteiger charge is 2.33. The average molecular weight is 821 g/mol. The summed E-state index contributed by atoms with van der Waals surface area (Å²) in [6, 6.07) is 17.8. The Morgan fingerprint density at radius 3 is 2.13 bits per heavy atom. The van der Waals surface area contributed by atoms with Crippen molar-refractivity contribution in [3.05, 3.63) is 118 Å². The van der Waals surface area contributed by atoms with Crippen LogP contribution in [0.5, 0.6) is 5.75 Å². The number of piperidine rings is 2. The first-order chi connectivity index (χ1) is 29.0. The summed E-state index contributed by atoms with van der Waals surface area (Å²) in [4.78, 5) is 59.4. The first-order valence-electron chi connectivity index (χ1n) is 20.5. The number of piperazine rings is 1. The molecule has 15 heteroatoms. The number of dihydropyridines is 1. The normalized spacial score (nSPS) is 19.2. The molecule has 4 heterocycles. The van der Waals surface area contributed by atoms with Crippen molar-refractivity contribution in [3.63, 3.8) is 0 Å². The second kappa shape index (κ2) is 18.9. The molecule has 7 rings (SSSR count). The van der Waals surface area contributed by atoms with Gasteiger partial charge in [-0.05, 0) is 78.8 Å². The number of nitrogens with two attached hydrogens (primary N) is 2. The first kappa shape index (κ1) is 42.1. The molecule has 1 atom stereocenters. The van der Waals surface area contributed by atoms with Crippen molar-refractivity contribution in [1.29, 1.82) is 5.41 Å². The predicted octanol–water partition coefficient (Wildman–Crippen LogP) is 3.16. The number of nitrogens with zero attached hydrogens (tertiary/aromatic N) is 4. The molecule has 6 N–H and O–H groups in total. The molecular weight excluding hydrogens is 768 g/mol. The Kier molecular flexibility index (Phi) is 13.3. The van der Waals surface area contributed by atoms with Crippen LogP contribution in [-0.2, 0) is 20.7 Å². The lowest BCUT2D eigenvalue weighted by Gasteiger charge is -2.39. The van der Waals surface area contributed by atoms with Gasteiger partial charge in [0.15, 0.2) is 0 Å². The molecular formula is C45H53FN8O6. The number of halogens is 1. The van der Waals surface area contributed by atoms with Crippen molar-refractivity contribution in [2.45, 2.75) is 50.4 Å². The number of benzene rings is 3. The number of carbonyl (C=O) groups is 4. The van der Waals surface area contributed by atoms with E-state index in [1.807, 2.05) is 41.4 Å². The Morgan fingerprint density at radius 2 is 1.47 bits per heavy atom. The van der Waals surface area contributed by atoms with Crippen molar-refractivity contribution in [3.8, 4) is 5.75 Å². The monoisotopic (exact) mass is 820 g/mol. The molecule has 14 nitrogen and oxygen atoms in total. The number of carbonyl (C=O) groups excluding carboxylic acids is 4. The highest BCUT2D eigenvalue weighted by Crippen LogP contribution is 2.26. The number of rotatable bonds is 12. The van der Waals surface area contributed by atoms with Gasteiger partial charge in [0.1, 0.15) is 17.6 Å². The fraction of sp³-hybridized carbons (Fsp3) is 0.400. The number of hydrogen-bond acceptors (Lipinski definition) is 10. The van der Waals surface area contributed by atoms with Crippen LogP contribution in [0.4, 0.5) is 4.39 Å². The van der Waals surface area contributed by atoms with E-state index < -0.39 is 23.7 Å². The minimum absolute atomic E-state index is 0.00335. The lowest BCUT2D eigenvalue weighted by molar-refractivity contribution is -0.138. The standard InChI is InChI=1S/C45H53FN8O6/c1-59-34-6-4-5-30(25-34)31-26-40(48)42(50-27-31)45(58)53-17-13-33(14-18-53)60-32-11-15-51(16-12-32)28-41(55)52-19-21-54(22-20-52)44(57)37-23-29(9-10-38(37)46)24-39(47)35-7-2-3-8-36(35)43(49)56/h2-10,23,25-27,32-33,42,47,50H,11-22,24,28,48H2,1H3,(H2,49,56). The second-order valence-corrected chi connectivity index (χ2v) is 15.8. The van der Waals surface area contributed by atoms with Crippen LogP contribution < -0.4 is 21.5 Å². The Balaban J connectivity index is 0.808. The van der Waals surface area contributed by atoms with Crippen molar-refractivity contribution in [2.24, 2.45) is 11.5 Å². The van der Waals surface area contributed by atoms with E-state index >= 15 is 0 Å². The third-order valence-electron chi connectivity index (χ3n) is 11.8. The molecule has 1 unspecified atom stereocenters. The number of methoxy groups -OCH3 is 1. The third kappa shape index (κ3) is 9.86. The minimum atomic E-state index is -0.659. The van der Waals surface area contributed by atoms with Gasteiger partial charge >= 0.3 is 0 Å². The maximum Gasteiger partial charge on any atom is 0.256 e. The van der Waals surface area contributed by atoms with Crippen LogP contribution >= 0.6 is 0 Å². The fourth-order valence-electron chi connectivity index (χ4n) is 8.35. The Hall–Kier alpha value is -6.06. The van der Waals surface area contributed by atoms with E-state index in [4.69, 9.17) is 26.4 Å². The van der Waals surface area contributed by atoms with Gasteiger partial charge in [-0.3, -0.25) is 24.1 Å². The number of amides is 4. The van der Waals surface area contributed by atoms with E-state index in [1.54, 1.807) is 41.2 Å². The molecule has 0 aliphatic carbocycles. The van der Waals surface area contributed by atoms with Crippen LogP contribution in [0.25, 0.3) is 5.57 Å². The van der Waals surface area contributed by atoms with Gasteiger partial charge in [-0.1, -0.05) is 36.4 Å². The van der Waals surface area contributed by atoms with E-state index in [0.717, 1.165) is 55.7 Å². The molecule has 3 saturated heterocycles. The van der Waals surface area contributed by atoms with Crippen molar-refractivity contribution in [2.75, 3.05) is 66.0 Å². The molecule has 3 aromatic rings. The lowest BCUT2D eigenvalue weighted by Crippen LogP contribution is -2.53. The number of nitrogens with one attached hydrogen (secondary N) is 2. The molecule has 0 radical (unpaired) electrons. The molecule has 316 valence electrons. The smallest absolute Gasteiger partial charge is 0.256 e. The zero-order chi connectivity index (χ0) is 42.3. The van der Waals surface area contributed by atoms with Gasteiger partial charge < -0.3 is 46.4 Å². The zero-order valence-corrected chi connectivity index (χ0v) is 33.9. The number of hydrogen-bond donors (Lipinski definition) is 4. The average Bonchev–Trinajstić information content (AvgIpc) is 3.27. The summed E-state index contributed by atoms with van der Waals surface area (Å²) in [5.41, 5.74) is 15.4. The number of ether oxygens (including phenoxy) is 2. The molecule has 0 saturated carbocycles. The van der Waals surface area contributed by atoms with Crippen molar-refractivity contribution < 1.29 is 33.0 Å². The van der Waals surface area contributed by atoms with Crippen LogP contribution in [-0.4, -0.2) is 133 Å². The van der Waals surface area contributed by atoms with Crippen molar-refractivity contribution in [1.82, 2.24) is 24.9 Å². The van der Waals surface area contributed by atoms with Gasteiger partial charge in [-0.2, -0.15) is 0 Å². The SMILES string of the molecule is COc1cccc(C2=CNC(C(=O)N3CCC(OC4CCN(CC(=O)N5CCN(C(=O)c6cc(CC(=N)c7ccccc7C(N)=O)ccc6F)CC5)CC4)CC3)C(N)=C2)c1. The van der Waals surface area contributed by atoms with Gasteiger partial charge in [-0.25, -0.2) is 4.39 Å². The zero-order valence-electron chi connectivity index (χ0n) is 33.9. The summed E-state index contributed by atoms with van der Waals surface area (Å²) in [7, 11) is 1.62. The van der Waals surface area contributed by atoms with Gasteiger partial charge in [0, 0.05) is 87.5 Å². The fourth-order valence-corrected chi connectivity index (χ4v) is 8.35. The summed E-state index contributed by atoms with van der Waals surface area (Å²) in [6.07, 6.45) is 7.02. The van der Waals surface area contributed by atoms with Crippen molar-refractivity contribution >= 4 is 34.9 Å². The van der Waals surface area contributed by atoms with E-state index in [2.05, 4.69) is 10.2 Å². The highest BCUT2D eigenvalue weighted by atomic mass is 19.1. The van der Waals surface area contributed by atoms with Crippen LogP contribution in [0.2, 0.25) is 0 Å². The molecule has 4 amide bonds. The number of allylic oxidation sites excluding steroid dienone is 2. The maximum atomic E-state index is 15.0. The van der Waals surface area contributed by atoms with E-state index in [9.17, 15) is 23.6 Å². The second-order valence-electron chi connectivity index (χ2n) is 15.8. The summed E-state index contributed by atoms with van der Waals surface area (Å²) in [5.74, 6) is -1.08. The van der Waals surface area contributed by atoms with E-state index in [1.165, 1.54) is 18.2 Å². The summed E-state index contributed by atoms with van der Waals surface area (Å²) in [5, 5.41) is 11.8. The van der Waals surface area contributed by atoms with E-state index in [0.29, 0.717) is 43.0 Å². The van der Waals surface area contributed by atoms with Gasteiger partial charge in [0.05, 0.1) is 31.4 Å². The predicted molar refractivity (Wildman–Crippen MR) is 225 cm³/mol. The molecule has 0 aromatic heterocycles. The van der Waals surface area contributed by atoms with Crippen LogP contribution in [0, 0.1) is 11.2 Å². The number of primary amides is 1. The van der Waals surface area contributed by atoms with Crippen LogP contribution in [0.3, 0.4) is 0 Å². The van der Waals surface area contributed by atoms with Gasteiger partial charge in [0.25, 0.3) is 11.8 Å². The quantitative estimate of drug-likeness (QED) is 0.199. The molecule has 4 aliphatic heterocycles. The molecule has 3 fully saturated rings. The summed E-state index contributed by atoms with van der Waals surface area (Å²) >= 11 is 0. The highest BCUT2D eigenvalue weighted by molar-refractivity contribution is 6.09. The topological polar surface area (TPSA) is 188 Å². The molecule has 4 aliphatic rings. The Bertz CT molecular complexity index is 2170. The van der Waals surface area contributed by atoms with Gasteiger partial charge in [0.2, 0.25) is 11.8 Å². The molecule has 0 spiro atoms. The lowest BCUT2D eigenvalue weighted by atomic mass is 9.96.